The van der Waals surface area contributed by atoms with Crippen molar-refractivity contribution in [3.8, 4) is 0 Å². The second kappa shape index (κ2) is 6.32. The van der Waals surface area contributed by atoms with E-state index in [1.807, 2.05) is 11.3 Å². The summed E-state index contributed by atoms with van der Waals surface area (Å²) in [6, 6.07) is 5.05. The van der Waals surface area contributed by atoms with Gasteiger partial charge in [-0.2, -0.15) is 0 Å². The molecule has 0 aromatic carbocycles. The van der Waals surface area contributed by atoms with Gasteiger partial charge in [0.2, 0.25) is 0 Å². The predicted octanol–water partition coefficient (Wildman–Crippen LogP) is 3.50. The summed E-state index contributed by atoms with van der Waals surface area (Å²) in [6.45, 7) is 5.74. The summed E-state index contributed by atoms with van der Waals surface area (Å²) in [5, 5.41) is 3.57. The van der Waals surface area contributed by atoms with Gasteiger partial charge in [-0.05, 0) is 73.5 Å². The summed E-state index contributed by atoms with van der Waals surface area (Å²) in [4.78, 5) is 4.00. The number of likely N-dealkylation sites (tertiary alicyclic amines) is 1. The van der Waals surface area contributed by atoms with Gasteiger partial charge in [0.25, 0.3) is 0 Å². The van der Waals surface area contributed by atoms with Crippen molar-refractivity contribution < 1.29 is 0 Å². The van der Waals surface area contributed by atoms with Crippen molar-refractivity contribution in [3.05, 3.63) is 20.8 Å². The summed E-state index contributed by atoms with van der Waals surface area (Å²) >= 11 is 5.45. The molecule has 4 heteroatoms. The minimum absolute atomic E-state index is 0.607. The molecule has 2 unspecified atom stereocenters. The summed E-state index contributed by atoms with van der Waals surface area (Å²) in [6.07, 6.45) is 2.53. The molecule has 0 amide bonds. The largest absolute Gasteiger partial charge is 0.316 e. The van der Waals surface area contributed by atoms with Gasteiger partial charge in [0, 0.05) is 10.9 Å². The van der Waals surface area contributed by atoms with Crippen LogP contribution < -0.4 is 5.32 Å². The second-order valence-corrected chi connectivity index (χ2v) is 7.31. The third-order valence-corrected chi connectivity index (χ3v) is 5.19. The Bertz CT molecular complexity index is 353. The summed E-state index contributed by atoms with van der Waals surface area (Å²) < 4.78 is 1.24. The summed E-state index contributed by atoms with van der Waals surface area (Å²) in [5.74, 6) is 0.761. The number of nitrogens with zero attached hydrogens (tertiary/aromatic N) is 1. The van der Waals surface area contributed by atoms with E-state index in [0.29, 0.717) is 6.04 Å². The quantitative estimate of drug-likeness (QED) is 0.836. The predicted molar refractivity (Wildman–Crippen MR) is 78.7 cm³/mol. The Balaban J connectivity index is 2.01. The first-order valence-electron chi connectivity index (χ1n) is 6.38. The standard InChI is InChI=1S/C13H21BrN2S/c1-3-7-15-9-10-6-8-16(2)13(10)11-4-5-12(14)17-11/h4-5,10,13,15H,3,6-9H2,1-2H3. The van der Waals surface area contributed by atoms with Crippen LogP contribution in [0, 0.1) is 5.92 Å². The van der Waals surface area contributed by atoms with Crippen molar-refractivity contribution in [3.63, 3.8) is 0 Å². The number of hydrogen-bond donors (Lipinski definition) is 1. The van der Waals surface area contributed by atoms with Crippen molar-refractivity contribution in [2.24, 2.45) is 5.92 Å². The molecule has 1 saturated heterocycles. The van der Waals surface area contributed by atoms with Crippen LogP contribution in [-0.2, 0) is 0 Å². The lowest BCUT2D eigenvalue weighted by atomic mass is 9.99. The van der Waals surface area contributed by atoms with Crippen molar-refractivity contribution in [1.82, 2.24) is 10.2 Å². The third-order valence-electron chi connectivity index (χ3n) is 3.49. The molecule has 1 aromatic rings. The molecule has 2 atom stereocenters. The highest BCUT2D eigenvalue weighted by molar-refractivity contribution is 9.11. The fourth-order valence-corrected chi connectivity index (χ4v) is 4.32. The van der Waals surface area contributed by atoms with Gasteiger partial charge in [0.1, 0.15) is 0 Å². The average molecular weight is 317 g/mol. The first-order valence-corrected chi connectivity index (χ1v) is 7.99. The molecule has 2 nitrogen and oxygen atoms in total. The van der Waals surface area contributed by atoms with E-state index in [-0.39, 0.29) is 0 Å². The van der Waals surface area contributed by atoms with Crippen molar-refractivity contribution in [1.29, 1.82) is 0 Å². The highest BCUT2D eigenvalue weighted by Crippen LogP contribution is 2.39. The van der Waals surface area contributed by atoms with E-state index < -0.39 is 0 Å². The lowest BCUT2D eigenvalue weighted by Crippen LogP contribution is -2.28. The van der Waals surface area contributed by atoms with E-state index in [4.69, 9.17) is 0 Å². The molecule has 0 aliphatic carbocycles. The third kappa shape index (κ3) is 3.31. The molecular weight excluding hydrogens is 296 g/mol. The van der Waals surface area contributed by atoms with Gasteiger partial charge in [-0.1, -0.05) is 6.92 Å². The van der Waals surface area contributed by atoms with Gasteiger partial charge in [-0.3, -0.25) is 4.90 Å². The zero-order valence-corrected chi connectivity index (χ0v) is 13.0. The van der Waals surface area contributed by atoms with E-state index in [2.05, 4.69) is 52.3 Å². The Labute approximate surface area is 117 Å². The zero-order chi connectivity index (χ0) is 12.3. The van der Waals surface area contributed by atoms with Gasteiger partial charge in [-0.25, -0.2) is 0 Å². The Morgan fingerprint density at radius 1 is 1.53 bits per heavy atom. The first-order chi connectivity index (χ1) is 8.22. The summed E-state index contributed by atoms with van der Waals surface area (Å²) in [7, 11) is 2.25. The fourth-order valence-electron chi connectivity index (χ4n) is 2.64. The van der Waals surface area contributed by atoms with Crippen LogP contribution in [0.3, 0.4) is 0 Å². The number of thiophene rings is 1. The molecule has 0 saturated carbocycles. The highest BCUT2D eigenvalue weighted by Gasteiger charge is 2.33. The molecule has 2 rings (SSSR count). The number of hydrogen-bond acceptors (Lipinski definition) is 3. The fraction of sp³-hybridized carbons (Fsp3) is 0.692. The maximum atomic E-state index is 3.57. The highest BCUT2D eigenvalue weighted by atomic mass is 79.9. The van der Waals surface area contributed by atoms with E-state index in [9.17, 15) is 0 Å². The minimum atomic E-state index is 0.607. The molecule has 17 heavy (non-hydrogen) atoms. The average Bonchev–Trinajstić information content (AvgIpc) is 2.86. The monoisotopic (exact) mass is 316 g/mol. The molecule has 1 aromatic heterocycles. The van der Waals surface area contributed by atoms with E-state index in [0.717, 1.165) is 19.0 Å². The van der Waals surface area contributed by atoms with Crippen molar-refractivity contribution >= 4 is 27.3 Å². The molecule has 1 aliphatic rings. The SMILES string of the molecule is CCCNCC1CCN(C)C1c1ccc(Br)s1. The van der Waals surface area contributed by atoms with Crippen molar-refractivity contribution in [2.75, 3.05) is 26.7 Å². The van der Waals surface area contributed by atoms with Crippen LogP contribution in [0.2, 0.25) is 0 Å². The maximum absolute atomic E-state index is 3.57. The van der Waals surface area contributed by atoms with Crippen molar-refractivity contribution in [2.45, 2.75) is 25.8 Å². The van der Waals surface area contributed by atoms with Gasteiger partial charge >= 0.3 is 0 Å². The Morgan fingerprint density at radius 2 is 2.35 bits per heavy atom. The van der Waals surface area contributed by atoms with Gasteiger partial charge in [-0.15, -0.1) is 11.3 Å². The van der Waals surface area contributed by atoms with E-state index in [1.165, 1.54) is 28.0 Å². The van der Waals surface area contributed by atoms with Gasteiger partial charge in [0.05, 0.1) is 3.79 Å². The zero-order valence-electron chi connectivity index (χ0n) is 10.6. The molecule has 1 N–H and O–H groups in total. The van der Waals surface area contributed by atoms with Crippen LogP contribution in [0.15, 0.2) is 15.9 Å². The molecule has 0 radical (unpaired) electrons. The van der Waals surface area contributed by atoms with Crippen LogP contribution >= 0.6 is 27.3 Å². The van der Waals surface area contributed by atoms with Crippen LogP contribution in [0.5, 0.6) is 0 Å². The maximum Gasteiger partial charge on any atom is 0.0701 e. The van der Waals surface area contributed by atoms with Crippen LogP contribution in [-0.4, -0.2) is 31.6 Å². The number of rotatable bonds is 5. The molecule has 0 bridgehead atoms. The Hall–Kier alpha value is 0.1000. The molecule has 96 valence electrons. The van der Waals surface area contributed by atoms with E-state index >= 15 is 0 Å². The summed E-state index contributed by atoms with van der Waals surface area (Å²) in [5.41, 5.74) is 0. The molecule has 2 heterocycles. The minimum Gasteiger partial charge on any atom is -0.316 e. The normalized spacial score (nSPS) is 25.6. The number of nitrogens with one attached hydrogen (secondary N) is 1. The van der Waals surface area contributed by atoms with Gasteiger partial charge in [0.15, 0.2) is 0 Å². The lowest BCUT2D eigenvalue weighted by Gasteiger charge is -2.24. The number of halogens is 1. The Morgan fingerprint density at radius 3 is 3.00 bits per heavy atom. The topological polar surface area (TPSA) is 15.3 Å². The molecular formula is C13H21BrN2S. The second-order valence-electron chi connectivity index (χ2n) is 4.82. The molecule has 1 fully saturated rings. The lowest BCUT2D eigenvalue weighted by molar-refractivity contribution is 0.276. The van der Waals surface area contributed by atoms with Crippen LogP contribution in [0.25, 0.3) is 0 Å². The van der Waals surface area contributed by atoms with Crippen LogP contribution in [0.1, 0.15) is 30.7 Å². The first kappa shape index (κ1) is 13.5. The van der Waals surface area contributed by atoms with Gasteiger partial charge < -0.3 is 5.32 Å². The van der Waals surface area contributed by atoms with Crippen LogP contribution in [0.4, 0.5) is 0 Å². The molecule has 0 spiro atoms. The Kier molecular flexibility index (Phi) is 5.03. The smallest absolute Gasteiger partial charge is 0.0701 e. The molecule has 1 aliphatic heterocycles. The van der Waals surface area contributed by atoms with E-state index in [1.54, 1.807) is 0 Å².